The highest BCUT2D eigenvalue weighted by molar-refractivity contribution is 6.30. The number of anilines is 1. The van der Waals surface area contributed by atoms with Gasteiger partial charge in [0, 0.05) is 23.5 Å². The Balaban J connectivity index is 1.30. The van der Waals surface area contributed by atoms with Gasteiger partial charge >= 0.3 is 0 Å². The van der Waals surface area contributed by atoms with Gasteiger partial charge < -0.3 is 10.1 Å². The Morgan fingerprint density at radius 1 is 1.10 bits per heavy atom. The van der Waals surface area contributed by atoms with Gasteiger partial charge in [0.2, 0.25) is 0 Å². The molecule has 2 aromatic carbocycles. The van der Waals surface area contributed by atoms with Crippen LogP contribution in [0.2, 0.25) is 5.02 Å². The SMILES string of the molecule is Cc1cc(Cl)ccc1OCn1ccc(C(=O)Nc2ccc(CN3CCCCC3)cc2)n1. The number of hydrogen-bond donors (Lipinski definition) is 1. The van der Waals surface area contributed by atoms with Crippen LogP contribution in [0.5, 0.6) is 5.75 Å². The lowest BCUT2D eigenvalue weighted by Gasteiger charge is -2.26. The van der Waals surface area contributed by atoms with Crippen LogP contribution >= 0.6 is 11.6 Å². The lowest BCUT2D eigenvalue weighted by atomic mass is 10.1. The molecule has 1 fully saturated rings. The largest absolute Gasteiger partial charge is 0.471 e. The molecule has 1 aliphatic rings. The fourth-order valence-electron chi connectivity index (χ4n) is 3.73. The number of nitrogens with zero attached hydrogens (tertiary/aromatic N) is 3. The molecule has 0 spiro atoms. The molecule has 0 unspecified atom stereocenters. The van der Waals surface area contributed by atoms with E-state index in [2.05, 4.69) is 27.4 Å². The van der Waals surface area contributed by atoms with Gasteiger partial charge in [-0.1, -0.05) is 30.2 Å². The van der Waals surface area contributed by atoms with Crippen molar-refractivity contribution in [3.63, 3.8) is 0 Å². The molecule has 3 aromatic rings. The van der Waals surface area contributed by atoms with Gasteiger partial charge in [0.25, 0.3) is 5.91 Å². The maximum absolute atomic E-state index is 12.5. The van der Waals surface area contributed by atoms with E-state index < -0.39 is 0 Å². The van der Waals surface area contributed by atoms with E-state index >= 15 is 0 Å². The van der Waals surface area contributed by atoms with Crippen LogP contribution in [-0.2, 0) is 13.3 Å². The predicted octanol–water partition coefficient (Wildman–Crippen LogP) is 5.12. The summed E-state index contributed by atoms with van der Waals surface area (Å²) in [4.78, 5) is 15.0. The summed E-state index contributed by atoms with van der Waals surface area (Å²) in [7, 11) is 0. The van der Waals surface area contributed by atoms with E-state index in [-0.39, 0.29) is 12.6 Å². The maximum atomic E-state index is 12.5. The number of aryl methyl sites for hydroxylation is 1. The molecule has 1 N–H and O–H groups in total. The highest BCUT2D eigenvalue weighted by Gasteiger charge is 2.12. The van der Waals surface area contributed by atoms with Crippen molar-refractivity contribution in [3.8, 4) is 5.75 Å². The minimum Gasteiger partial charge on any atom is -0.471 e. The molecule has 2 heterocycles. The van der Waals surface area contributed by atoms with Crippen molar-refractivity contribution in [2.24, 2.45) is 0 Å². The quantitative estimate of drug-likeness (QED) is 0.556. The second-order valence-electron chi connectivity index (χ2n) is 7.91. The number of nitrogens with one attached hydrogen (secondary N) is 1. The van der Waals surface area contributed by atoms with Crippen molar-refractivity contribution in [2.45, 2.75) is 39.5 Å². The Morgan fingerprint density at radius 3 is 2.61 bits per heavy atom. The number of amides is 1. The van der Waals surface area contributed by atoms with Gasteiger partial charge in [-0.05, 0) is 80.4 Å². The lowest BCUT2D eigenvalue weighted by Crippen LogP contribution is -2.29. The number of piperidine rings is 1. The zero-order chi connectivity index (χ0) is 21.6. The normalized spacial score (nSPS) is 14.4. The van der Waals surface area contributed by atoms with Crippen molar-refractivity contribution in [1.29, 1.82) is 0 Å². The van der Waals surface area contributed by atoms with Gasteiger partial charge in [-0.2, -0.15) is 5.10 Å². The van der Waals surface area contributed by atoms with Crippen molar-refractivity contribution < 1.29 is 9.53 Å². The first kappa shape index (κ1) is 21.4. The van der Waals surface area contributed by atoms with Gasteiger partial charge in [0.1, 0.15) is 5.75 Å². The minimum absolute atomic E-state index is 0.209. The number of halogens is 1. The molecule has 1 saturated heterocycles. The predicted molar refractivity (Wildman–Crippen MR) is 123 cm³/mol. The Kier molecular flexibility index (Phi) is 6.89. The number of carbonyl (C=O) groups excluding carboxylic acids is 1. The summed E-state index contributed by atoms with van der Waals surface area (Å²) in [5, 5.41) is 7.89. The Hall–Kier alpha value is -2.83. The molecule has 7 heteroatoms. The first-order chi connectivity index (χ1) is 15.1. The lowest BCUT2D eigenvalue weighted by molar-refractivity contribution is 0.102. The van der Waals surface area contributed by atoms with E-state index in [1.807, 2.05) is 31.2 Å². The number of hydrogen-bond acceptors (Lipinski definition) is 4. The summed E-state index contributed by atoms with van der Waals surface area (Å²) >= 11 is 5.97. The zero-order valence-electron chi connectivity index (χ0n) is 17.7. The van der Waals surface area contributed by atoms with Crippen LogP contribution in [0.15, 0.2) is 54.7 Å². The second kappa shape index (κ2) is 9.98. The molecule has 6 nitrogen and oxygen atoms in total. The molecule has 31 heavy (non-hydrogen) atoms. The molecule has 1 aromatic heterocycles. The minimum atomic E-state index is -0.245. The number of ether oxygens (including phenoxy) is 1. The fourth-order valence-corrected chi connectivity index (χ4v) is 3.96. The van der Waals surface area contributed by atoms with Gasteiger partial charge in [-0.25, -0.2) is 4.68 Å². The van der Waals surface area contributed by atoms with Crippen LogP contribution < -0.4 is 10.1 Å². The van der Waals surface area contributed by atoms with Gasteiger partial charge in [0.15, 0.2) is 12.4 Å². The monoisotopic (exact) mass is 438 g/mol. The number of aromatic nitrogens is 2. The standard InChI is InChI=1S/C24H27ClN4O2/c1-18-15-20(25)7-10-23(18)31-17-29-14-11-22(27-29)24(30)26-21-8-5-19(6-9-21)16-28-12-3-2-4-13-28/h5-11,14-15H,2-4,12-13,16-17H2,1H3,(H,26,30). The van der Waals surface area contributed by atoms with Crippen LogP contribution in [-0.4, -0.2) is 33.7 Å². The van der Waals surface area contributed by atoms with Crippen molar-refractivity contribution in [3.05, 3.63) is 76.6 Å². The molecular formula is C24H27ClN4O2. The molecule has 0 radical (unpaired) electrons. The topological polar surface area (TPSA) is 59.4 Å². The van der Waals surface area contributed by atoms with E-state index in [4.69, 9.17) is 16.3 Å². The average Bonchev–Trinajstić information content (AvgIpc) is 3.25. The number of likely N-dealkylation sites (tertiary alicyclic amines) is 1. The number of carbonyl (C=O) groups is 1. The third kappa shape index (κ3) is 5.87. The zero-order valence-corrected chi connectivity index (χ0v) is 18.4. The van der Waals surface area contributed by atoms with E-state index in [0.29, 0.717) is 10.7 Å². The summed E-state index contributed by atoms with van der Waals surface area (Å²) in [5.74, 6) is 0.487. The van der Waals surface area contributed by atoms with Crippen LogP contribution in [0.1, 0.15) is 40.9 Å². The summed E-state index contributed by atoms with van der Waals surface area (Å²) in [6.45, 7) is 5.44. The van der Waals surface area contributed by atoms with Crippen molar-refractivity contribution >= 4 is 23.2 Å². The van der Waals surface area contributed by atoms with Crippen LogP contribution in [0, 0.1) is 6.92 Å². The van der Waals surface area contributed by atoms with Crippen molar-refractivity contribution in [2.75, 3.05) is 18.4 Å². The smallest absolute Gasteiger partial charge is 0.276 e. The molecule has 1 amide bonds. The van der Waals surface area contributed by atoms with E-state index in [0.717, 1.165) is 23.5 Å². The molecule has 0 atom stereocenters. The van der Waals surface area contributed by atoms with E-state index in [1.54, 1.807) is 23.0 Å². The Bertz CT molecular complexity index is 1030. The highest BCUT2D eigenvalue weighted by atomic mass is 35.5. The second-order valence-corrected chi connectivity index (χ2v) is 8.35. The molecule has 0 saturated carbocycles. The molecule has 0 aliphatic carbocycles. The third-order valence-corrected chi connectivity index (χ3v) is 5.66. The van der Waals surface area contributed by atoms with E-state index in [1.165, 1.54) is 37.9 Å². The highest BCUT2D eigenvalue weighted by Crippen LogP contribution is 2.22. The third-order valence-electron chi connectivity index (χ3n) is 5.43. The summed E-state index contributed by atoms with van der Waals surface area (Å²) in [6.07, 6.45) is 5.63. The van der Waals surface area contributed by atoms with Crippen LogP contribution in [0.3, 0.4) is 0 Å². The van der Waals surface area contributed by atoms with Gasteiger partial charge in [0.05, 0.1) is 0 Å². The van der Waals surface area contributed by atoms with Crippen LogP contribution in [0.4, 0.5) is 5.69 Å². The number of benzene rings is 2. The fraction of sp³-hybridized carbons (Fsp3) is 0.333. The first-order valence-corrected chi connectivity index (χ1v) is 11.0. The van der Waals surface area contributed by atoms with Gasteiger partial charge in [-0.3, -0.25) is 9.69 Å². The molecule has 162 valence electrons. The summed E-state index contributed by atoms with van der Waals surface area (Å²) in [5.41, 5.74) is 3.31. The Labute approximate surface area is 187 Å². The molecule has 0 bridgehead atoms. The van der Waals surface area contributed by atoms with E-state index in [9.17, 15) is 4.79 Å². The molecule has 1 aliphatic heterocycles. The number of rotatable bonds is 7. The van der Waals surface area contributed by atoms with Gasteiger partial charge in [-0.15, -0.1) is 0 Å². The summed E-state index contributed by atoms with van der Waals surface area (Å²) in [6, 6.07) is 15.2. The first-order valence-electron chi connectivity index (χ1n) is 10.6. The molecule has 4 rings (SSSR count). The van der Waals surface area contributed by atoms with Crippen molar-refractivity contribution in [1.82, 2.24) is 14.7 Å². The summed E-state index contributed by atoms with van der Waals surface area (Å²) < 4.78 is 7.36. The molecular weight excluding hydrogens is 412 g/mol. The van der Waals surface area contributed by atoms with Crippen LogP contribution in [0.25, 0.3) is 0 Å². The maximum Gasteiger partial charge on any atom is 0.276 e. The average molecular weight is 439 g/mol. The Morgan fingerprint density at radius 2 is 1.87 bits per heavy atom.